The summed E-state index contributed by atoms with van der Waals surface area (Å²) in [4.78, 5) is 14.5. The lowest BCUT2D eigenvalue weighted by Gasteiger charge is -2.36. The lowest BCUT2D eigenvalue weighted by atomic mass is 10.0. The van der Waals surface area contributed by atoms with Crippen LogP contribution in [-0.2, 0) is 4.79 Å². The summed E-state index contributed by atoms with van der Waals surface area (Å²) in [6.07, 6.45) is 0.468. The van der Waals surface area contributed by atoms with Crippen molar-refractivity contribution in [2.24, 2.45) is 0 Å². The van der Waals surface area contributed by atoms with Crippen LogP contribution in [0.5, 0.6) is 0 Å². The molecule has 25 heavy (non-hydrogen) atoms. The number of hydrogen-bond donors (Lipinski definition) is 2. The third kappa shape index (κ3) is 5.44. The Morgan fingerprint density at radius 1 is 1.16 bits per heavy atom. The monoisotopic (exact) mass is 379 g/mol. The molecule has 0 radical (unpaired) electrons. The second-order valence-corrected chi connectivity index (χ2v) is 6.35. The minimum atomic E-state index is 0. The van der Waals surface area contributed by atoms with Crippen molar-refractivity contribution in [1.82, 2.24) is 10.2 Å². The quantitative estimate of drug-likeness (QED) is 0.831. The zero-order valence-electron chi connectivity index (χ0n) is 14.0. The third-order valence-corrected chi connectivity index (χ3v) is 4.65. The molecule has 0 saturated carbocycles. The van der Waals surface area contributed by atoms with Crippen molar-refractivity contribution < 1.29 is 4.79 Å². The van der Waals surface area contributed by atoms with Crippen LogP contribution in [-0.4, -0.2) is 37.0 Å². The molecule has 134 valence electrons. The molecule has 1 fully saturated rings. The Morgan fingerprint density at radius 2 is 1.88 bits per heavy atom. The van der Waals surface area contributed by atoms with E-state index in [-0.39, 0.29) is 24.4 Å². The summed E-state index contributed by atoms with van der Waals surface area (Å²) in [5.74, 6) is 0.0395. The summed E-state index contributed by atoms with van der Waals surface area (Å²) in [5.41, 5.74) is 1.96. The summed E-state index contributed by atoms with van der Waals surface area (Å²) in [6.45, 7) is 3.41. The Balaban J connectivity index is 0.00000225. The van der Waals surface area contributed by atoms with Gasteiger partial charge in [-0.3, -0.25) is 9.69 Å². The maximum atomic E-state index is 12.2. The topological polar surface area (TPSA) is 44.4 Å². The van der Waals surface area contributed by atoms with E-state index < -0.39 is 0 Å². The van der Waals surface area contributed by atoms with E-state index in [0.29, 0.717) is 6.42 Å². The Kier molecular flexibility index (Phi) is 7.72. The number of anilines is 1. The number of carbonyl (C=O) groups excluding carboxylic acids is 1. The highest BCUT2D eigenvalue weighted by molar-refractivity contribution is 6.31. The average molecular weight is 380 g/mol. The Hall–Kier alpha value is -1.59. The molecule has 1 amide bonds. The van der Waals surface area contributed by atoms with E-state index in [1.807, 2.05) is 48.5 Å². The highest BCUT2D eigenvalue weighted by Gasteiger charge is 2.25. The average Bonchev–Trinajstić information content (AvgIpc) is 2.62. The standard InChI is InChI=1S/C19H22ClN3O.ClH/c20-17-9-5-4-8-16(17)18-14-21-11-13-23(18)12-10-19(24)22-15-6-2-1-3-7-15;/h1-9,18,21H,10-14H2,(H,22,24);1H. The number of halogens is 2. The minimum Gasteiger partial charge on any atom is -0.326 e. The van der Waals surface area contributed by atoms with E-state index in [9.17, 15) is 4.79 Å². The summed E-state index contributed by atoms with van der Waals surface area (Å²) in [7, 11) is 0. The smallest absolute Gasteiger partial charge is 0.225 e. The SMILES string of the molecule is Cl.O=C(CCN1CCNCC1c1ccccc1Cl)Nc1ccccc1. The van der Waals surface area contributed by atoms with E-state index >= 15 is 0 Å². The Labute approximate surface area is 160 Å². The summed E-state index contributed by atoms with van der Waals surface area (Å²) < 4.78 is 0. The molecule has 0 aromatic heterocycles. The number of benzene rings is 2. The van der Waals surface area contributed by atoms with Crippen LogP contribution in [0.4, 0.5) is 5.69 Å². The van der Waals surface area contributed by atoms with Gasteiger partial charge in [-0.2, -0.15) is 0 Å². The lowest BCUT2D eigenvalue weighted by Crippen LogP contribution is -2.46. The number of hydrogen-bond acceptors (Lipinski definition) is 3. The van der Waals surface area contributed by atoms with E-state index in [4.69, 9.17) is 11.6 Å². The van der Waals surface area contributed by atoms with Crippen LogP contribution in [0.15, 0.2) is 54.6 Å². The Bertz CT molecular complexity index is 681. The minimum absolute atomic E-state index is 0. The zero-order chi connectivity index (χ0) is 16.8. The maximum absolute atomic E-state index is 12.2. The lowest BCUT2D eigenvalue weighted by molar-refractivity contribution is -0.116. The van der Waals surface area contributed by atoms with Crippen LogP contribution >= 0.6 is 24.0 Å². The van der Waals surface area contributed by atoms with Crippen molar-refractivity contribution >= 4 is 35.6 Å². The number of amides is 1. The summed E-state index contributed by atoms with van der Waals surface area (Å²) in [5, 5.41) is 7.14. The largest absolute Gasteiger partial charge is 0.326 e. The van der Waals surface area contributed by atoms with Crippen molar-refractivity contribution in [2.45, 2.75) is 12.5 Å². The van der Waals surface area contributed by atoms with Crippen LogP contribution in [0.3, 0.4) is 0 Å². The molecule has 0 aliphatic carbocycles. The van der Waals surface area contributed by atoms with Crippen LogP contribution < -0.4 is 10.6 Å². The molecule has 1 saturated heterocycles. The van der Waals surface area contributed by atoms with Gasteiger partial charge in [-0.25, -0.2) is 0 Å². The molecular formula is C19H23Cl2N3O. The van der Waals surface area contributed by atoms with Gasteiger partial charge in [-0.05, 0) is 23.8 Å². The first kappa shape index (κ1) is 19.7. The van der Waals surface area contributed by atoms with Gasteiger partial charge in [0.15, 0.2) is 0 Å². The highest BCUT2D eigenvalue weighted by Crippen LogP contribution is 2.28. The molecule has 1 unspecified atom stereocenters. The number of carbonyl (C=O) groups is 1. The van der Waals surface area contributed by atoms with E-state index in [0.717, 1.165) is 42.5 Å². The summed E-state index contributed by atoms with van der Waals surface area (Å²) >= 11 is 6.36. The fourth-order valence-corrected chi connectivity index (χ4v) is 3.32. The van der Waals surface area contributed by atoms with Gasteiger partial charge in [0, 0.05) is 49.4 Å². The molecule has 4 nitrogen and oxygen atoms in total. The second kappa shape index (κ2) is 9.78. The molecule has 1 aliphatic heterocycles. The first-order valence-electron chi connectivity index (χ1n) is 8.28. The zero-order valence-corrected chi connectivity index (χ0v) is 15.5. The van der Waals surface area contributed by atoms with Crippen molar-refractivity contribution in [3.63, 3.8) is 0 Å². The van der Waals surface area contributed by atoms with Gasteiger partial charge >= 0.3 is 0 Å². The van der Waals surface area contributed by atoms with Gasteiger partial charge in [0.05, 0.1) is 0 Å². The molecule has 2 aromatic carbocycles. The molecule has 6 heteroatoms. The van der Waals surface area contributed by atoms with Crippen molar-refractivity contribution in [3.8, 4) is 0 Å². The molecule has 1 aliphatic rings. The molecular weight excluding hydrogens is 357 g/mol. The number of para-hydroxylation sites is 1. The van der Waals surface area contributed by atoms with Crippen LogP contribution in [0.1, 0.15) is 18.0 Å². The molecule has 1 atom stereocenters. The molecule has 0 bridgehead atoms. The third-order valence-electron chi connectivity index (χ3n) is 4.30. The van der Waals surface area contributed by atoms with Gasteiger partial charge in [0.2, 0.25) is 5.91 Å². The van der Waals surface area contributed by atoms with Gasteiger partial charge in [-0.1, -0.05) is 48.0 Å². The molecule has 2 aromatic rings. The maximum Gasteiger partial charge on any atom is 0.225 e. The van der Waals surface area contributed by atoms with Gasteiger partial charge in [-0.15, -0.1) is 12.4 Å². The molecule has 1 heterocycles. The van der Waals surface area contributed by atoms with Crippen molar-refractivity contribution in [2.75, 3.05) is 31.5 Å². The van der Waals surface area contributed by atoms with E-state index in [1.54, 1.807) is 0 Å². The Morgan fingerprint density at radius 3 is 2.64 bits per heavy atom. The number of piperazine rings is 1. The van der Waals surface area contributed by atoms with E-state index in [2.05, 4.69) is 21.6 Å². The van der Waals surface area contributed by atoms with Crippen LogP contribution in [0.25, 0.3) is 0 Å². The predicted molar refractivity (Wildman–Crippen MR) is 106 cm³/mol. The molecule has 0 spiro atoms. The number of nitrogens with one attached hydrogen (secondary N) is 2. The second-order valence-electron chi connectivity index (χ2n) is 5.94. The van der Waals surface area contributed by atoms with Crippen LogP contribution in [0, 0.1) is 0 Å². The van der Waals surface area contributed by atoms with Crippen molar-refractivity contribution in [1.29, 1.82) is 0 Å². The number of nitrogens with zero attached hydrogens (tertiary/aromatic N) is 1. The van der Waals surface area contributed by atoms with Gasteiger partial charge < -0.3 is 10.6 Å². The predicted octanol–water partition coefficient (Wildman–Crippen LogP) is 3.74. The normalized spacial score (nSPS) is 17.6. The van der Waals surface area contributed by atoms with Gasteiger partial charge in [0.25, 0.3) is 0 Å². The fourth-order valence-electron chi connectivity index (χ4n) is 3.06. The first-order valence-corrected chi connectivity index (χ1v) is 8.66. The highest BCUT2D eigenvalue weighted by atomic mass is 35.5. The van der Waals surface area contributed by atoms with Gasteiger partial charge in [0.1, 0.15) is 0 Å². The molecule has 2 N–H and O–H groups in total. The molecule has 3 rings (SSSR count). The summed E-state index contributed by atoms with van der Waals surface area (Å²) in [6, 6.07) is 17.7. The van der Waals surface area contributed by atoms with E-state index in [1.165, 1.54) is 0 Å². The first-order chi connectivity index (χ1) is 11.7. The van der Waals surface area contributed by atoms with Crippen molar-refractivity contribution in [3.05, 3.63) is 65.2 Å². The fraction of sp³-hybridized carbons (Fsp3) is 0.316. The van der Waals surface area contributed by atoms with Crippen LogP contribution in [0.2, 0.25) is 5.02 Å². The number of rotatable bonds is 5.